The SMILES string of the molecule is CCC(C)C(=O)Cn1ccc2cccc([N+](=O)[O-])c21. The van der Waals surface area contributed by atoms with Crippen LogP contribution in [0.25, 0.3) is 10.9 Å². The topological polar surface area (TPSA) is 65.1 Å². The Morgan fingerprint density at radius 1 is 1.42 bits per heavy atom. The largest absolute Gasteiger partial charge is 0.334 e. The van der Waals surface area contributed by atoms with Crippen molar-refractivity contribution in [1.29, 1.82) is 0 Å². The first-order valence-electron chi connectivity index (χ1n) is 6.29. The number of nitro benzene ring substituents is 1. The molecule has 2 aromatic rings. The van der Waals surface area contributed by atoms with Gasteiger partial charge in [-0.25, -0.2) is 0 Å². The van der Waals surface area contributed by atoms with E-state index in [-0.39, 0.29) is 23.9 Å². The third kappa shape index (κ3) is 2.50. The van der Waals surface area contributed by atoms with Crippen molar-refractivity contribution >= 4 is 22.4 Å². The highest BCUT2D eigenvalue weighted by molar-refractivity contribution is 5.90. The second kappa shape index (κ2) is 5.22. The van der Waals surface area contributed by atoms with E-state index in [4.69, 9.17) is 0 Å². The van der Waals surface area contributed by atoms with Crippen LogP contribution in [0.4, 0.5) is 5.69 Å². The third-order valence-corrected chi connectivity index (χ3v) is 3.45. The van der Waals surface area contributed by atoms with Crippen LogP contribution in [0.2, 0.25) is 0 Å². The van der Waals surface area contributed by atoms with Gasteiger partial charge in [0.1, 0.15) is 5.52 Å². The van der Waals surface area contributed by atoms with E-state index in [1.807, 2.05) is 19.9 Å². The summed E-state index contributed by atoms with van der Waals surface area (Å²) in [6, 6.07) is 6.73. The van der Waals surface area contributed by atoms with Crippen LogP contribution in [0.15, 0.2) is 30.5 Å². The standard InChI is InChI=1S/C14H16N2O3/c1-3-10(2)13(17)9-15-8-7-11-5-4-6-12(14(11)15)16(18)19/h4-8,10H,3,9H2,1-2H3. The normalized spacial score (nSPS) is 12.5. The van der Waals surface area contributed by atoms with Gasteiger partial charge in [-0.3, -0.25) is 14.9 Å². The Bertz CT molecular complexity index is 631. The van der Waals surface area contributed by atoms with Crippen LogP contribution in [0.5, 0.6) is 0 Å². The lowest BCUT2D eigenvalue weighted by atomic mass is 10.0. The number of benzene rings is 1. The van der Waals surface area contributed by atoms with Gasteiger partial charge in [-0.2, -0.15) is 0 Å². The van der Waals surface area contributed by atoms with Gasteiger partial charge in [0.15, 0.2) is 5.78 Å². The highest BCUT2D eigenvalue weighted by atomic mass is 16.6. The van der Waals surface area contributed by atoms with Crippen LogP contribution < -0.4 is 0 Å². The monoisotopic (exact) mass is 260 g/mol. The molecule has 0 bridgehead atoms. The molecule has 1 unspecified atom stereocenters. The predicted molar refractivity (Wildman–Crippen MR) is 73.1 cm³/mol. The van der Waals surface area contributed by atoms with E-state index in [1.165, 1.54) is 6.07 Å². The van der Waals surface area contributed by atoms with Crippen LogP contribution in [-0.4, -0.2) is 15.3 Å². The molecule has 1 aromatic heterocycles. The lowest BCUT2D eigenvalue weighted by Crippen LogP contribution is -2.16. The number of nitro groups is 1. The molecular weight excluding hydrogens is 244 g/mol. The highest BCUT2D eigenvalue weighted by Gasteiger charge is 2.18. The van der Waals surface area contributed by atoms with Crippen molar-refractivity contribution < 1.29 is 9.72 Å². The zero-order chi connectivity index (χ0) is 14.0. The van der Waals surface area contributed by atoms with E-state index < -0.39 is 4.92 Å². The molecule has 0 saturated heterocycles. The van der Waals surface area contributed by atoms with Gasteiger partial charge < -0.3 is 4.57 Å². The zero-order valence-electron chi connectivity index (χ0n) is 11.0. The first-order valence-corrected chi connectivity index (χ1v) is 6.29. The molecule has 0 fully saturated rings. The summed E-state index contributed by atoms with van der Waals surface area (Å²) < 4.78 is 1.67. The predicted octanol–water partition coefficient (Wildman–Crippen LogP) is 3.16. The molecule has 0 radical (unpaired) electrons. The summed E-state index contributed by atoms with van der Waals surface area (Å²) in [5, 5.41) is 11.8. The fourth-order valence-corrected chi connectivity index (χ4v) is 2.07. The average Bonchev–Trinajstić information content (AvgIpc) is 2.80. The molecular formula is C14H16N2O3. The molecule has 1 aromatic carbocycles. The summed E-state index contributed by atoms with van der Waals surface area (Å²) in [6.45, 7) is 4.02. The van der Waals surface area contributed by atoms with E-state index >= 15 is 0 Å². The number of hydrogen-bond donors (Lipinski definition) is 0. The summed E-state index contributed by atoms with van der Waals surface area (Å²) in [5.74, 6) is 0.0679. The van der Waals surface area contributed by atoms with E-state index in [0.29, 0.717) is 5.52 Å². The Morgan fingerprint density at radius 3 is 2.79 bits per heavy atom. The highest BCUT2D eigenvalue weighted by Crippen LogP contribution is 2.26. The van der Waals surface area contributed by atoms with Crippen molar-refractivity contribution in [3.05, 3.63) is 40.6 Å². The smallest absolute Gasteiger partial charge is 0.293 e. The molecule has 0 aliphatic carbocycles. The second-order valence-corrected chi connectivity index (χ2v) is 4.69. The van der Waals surface area contributed by atoms with Gasteiger partial charge in [0, 0.05) is 23.6 Å². The van der Waals surface area contributed by atoms with Crippen molar-refractivity contribution in [3.63, 3.8) is 0 Å². The second-order valence-electron chi connectivity index (χ2n) is 4.69. The Kier molecular flexibility index (Phi) is 3.64. The van der Waals surface area contributed by atoms with Gasteiger partial charge in [-0.15, -0.1) is 0 Å². The summed E-state index contributed by atoms with van der Waals surface area (Å²) in [5.41, 5.74) is 0.559. The average molecular weight is 260 g/mol. The number of non-ortho nitro benzene ring substituents is 1. The molecule has 1 atom stereocenters. The molecule has 19 heavy (non-hydrogen) atoms. The van der Waals surface area contributed by atoms with Gasteiger partial charge in [-0.05, 0) is 12.5 Å². The van der Waals surface area contributed by atoms with Crippen molar-refractivity contribution in [3.8, 4) is 0 Å². The molecule has 0 N–H and O–H groups in total. The Morgan fingerprint density at radius 2 is 2.16 bits per heavy atom. The summed E-state index contributed by atoms with van der Waals surface area (Å²) >= 11 is 0. The third-order valence-electron chi connectivity index (χ3n) is 3.45. The van der Waals surface area contributed by atoms with E-state index in [9.17, 15) is 14.9 Å². The zero-order valence-corrected chi connectivity index (χ0v) is 11.0. The first kappa shape index (κ1) is 13.3. The minimum atomic E-state index is -0.410. The molecule has 1 heterocycles. The molecule has 5 heteroatoms. The number of carbonyl (C=O) groups excluding carboxylic acids is 1. The Labute approximate surface area is 111 Å². The number of carbonyl (C=O) groups is 1. The lowest BCUT2D eigenvalue weighted by molar-refractivity contribution is -0.383. The number of rotatable bonds is 5. The summed E-state index contributed by atoms with van der Waals surface area (Å²) in [7, 11) is 0. The summed E-state index contributed by atoms with van der Waals surface area (Å²) in [4.78, 5) is 22.6. The number of fused-ring (bicyclic) bond motifs is 1. The minimum absolute atomic E-state index is 0.0276. The molecule has 0 saturated carbocycles. The fourth-order valence-electron chi connectivity index (χ4n) is 2.07. The molecule has 2 rings (SSSR count). The number of aromatic nitrogens is 1. The van der Waals surface area contributed by atoms with Gasteiger partial charge in [0.05, 0.1) is 11.5 Å². The quantitative estimate of drug-likeness (QED) is 0.612. The molecule has 0 aliphatic heterocycles. The summed E-state index contributed by atoms with van der Waals surface area (Å²) in [6.07, 6.45) is 2.51. The first-order chi connectivity index (χ1) is 9.04. The van der Waals surface area contributed by atoms with Crippen molar-refractivity contribution in [2.45, 2.75) is 26.8 Å². The molecule has 5 nitrogen and oxygen atoms in total. The van der Waals surface area contributed by atoms with Crippen LogP contribution in [0.3, 0.4) is 0 Å². The van der Waals surface area contributed by atoms with E-state index in [2.05, 4.69) is 0 Å². The number of nitrogens with zero attached hydrogens (tertiary/aromatic N) is 2. The number of ketones is 1. The van der Waals surface area contributed by atoms with Crippen LogP contribution in [0.1, 0.15) is 20.3 Å². The van der Waals surface area contributed by atoms with Gasteiger partial charge in [-0.1, -0.05) is 26.0 Å². The fraction of sp³-hybridized carbons (Fsp3) is 0.357. The Hall–Kier alpha value is -2.17. The van der Waals surface area contributed by atoms with Gasteiger partial charge in [0.2, 0.25) is 0 Å². The molecule has 100 valence electrons. The number of hydrogen-bond acceptors (Lipinski definition) is 3. The van der Waals surface area contributed by atoms with Crippen molar-refractivity contribution in [1.82, 2.24) is 4.57 Å². The maximum Gasteiger partial charge on any atom is 0.293 e. The van der Waals surface area contributed by atoms with Crippen LogP contribution >= 0.6 is 0 Å². The van der Waals surface area contributed by atoms with E-state index in [0.717, 1.165) is 11.8 Å². The lowest BCUT2D eigenvalue weighted by Gasteiger charge is -2.09. The Balaban J connectivity index is 2.44. The maximum atomic E-state index is 12.0. The minimum Gasteiger partial charge on any atom is -0.334 e. The van der Waals surface area contributed by atoms with Gasteiger partial charge in [0.25, 0.3) is 5.69 Å². The van der Waals surface area contributed by atoms with Crippen LogP contribution in [-0.2, 0) is 11.3 Å². The van der Waals surface area contributed by atoms with E-state index in [1.54, 1.807) is 22.9 Å². The molecule has 0 amide bonds. The maximum absolute atomic E-state index is 12.0. The van der Waals surface area contributed by atoms with Crippen molar-refractivity contribution in [2.24, 2.45) is 5.92 Å². The molecule has 0 spiro atoms. The van der Waals surface area contributed by atoms with Crippen LogP contribution in [0, 0.1) is 16.0 Å². The van der Waals surface area contributed by atoms with Crippen molar-refractivity contribution in [2.75, 3.05) is 0 Å². The number of para-hydroxylation sites is 1. The van der Waals surface area contributed by atoms with Gasteiger partial charge >= 0.3 is 0 Å². The number of Topliss-reactive ketones (excluding diaryl/α,β-unsaturated/α-hetero) is 1. The molecule has 0 aliphatic rings.